The van der Waals surface area contributed by atoms with E-state index in [4.69, 9.17) is 4.74 Å². The highest BCUT2D eigenvalue weighted by atomic mass is 32.2. The molecule has 0 aromatic heterocycles. The van der Waals surface area contributed by atoms with Crippen molar-refractivity contribution in [2.24, 2.45) is 11.8 Å². The van der Waals surface area contributed by atoms with Crippen molar-refractivity contribution in [3.05, 3.63) is 0 Å². The molecular formula is C13H24N2O4S. The number of methoxy groups -OCH3 is 1. The number of rotatable bonds is 3. The Morgan fingerprint density at radius 1 is 1.20 bits per heavy atom. The SMILES string of the molecule is COC(=O)C1CCCN1S(=O)(=O)N1CC(C)CC(C)C1. The minimum Gasteiger partial charge on any atom is -0.468 e. The predicted octanol–water partition coefficient (Wildman–Crippen LogP) is 0.846. The molecule has 7 heteroatoms. The van der Waals surface area contributed by atoms with Gasteiger partial charge < -0.3 is 4.74 Å². The first-order chi connectivity index (χ1) is 9.36. The third kappa shape index (κ3) is 2.99. The molecule has 0 bridgehead atoms. The van der Waals surface area contributed by atoms with E-state index in [1.54, 1.807) is 0 Å². The molecule has 2 saturated heterocycles. The Kier molecular flexibility index (Phi) is 4.71. The molecule has 3 atom stereocenters. The lowest BCUT2D eigenvalue weighted by molar-refractivity contribution is -0.144. The molecule has 2 rings (SSSR count). The molecular weight excluding hydrogens is 280 g/mol. The minimum atomic E-state index is -3.57. The maximum atomic E-state index is 12.8. The summed E-state index contributed by atoms with van der Waals surface area (Å²) in [5.74, 6) is 0.254. The van der Waals surface area contributed by atoms with Crippen LogP contribution in [-0.2, 0) is 19.7 Å². The maximum Gasteiger partial charge on any atom is 0.324 e. The average Bonchev–Trinajstić information content (AvgIpc) is 2.86. The molecule has 0 radical (unpaired) electrons. The highest BCUT2D eigenvalue weighted by Gasteiger charge is 2.43. The van der Waals surface area contributed by atoms with Gasteiger partial charge in [0.2, 0.25) is 0 Å². The smallest absolute Gasteiger partial charge is 0.324 e. The molecule has 0 spiro atoms. The zero-order chi connectivity index (χ0) is 14.9. The van der Waals surface area contributed by atoms with Gasteiger partial charge in [0.25, 0.3) is 10.2 Å². The van der Waals surface area contributed by atoms with Crippen LogP contribution < -0.4 is 0 Å². The molecule has 0 aromatic carbocycles. The molecule has 2 aliphatic rings. The van der Waals surface area contributed by atoms with Crippen LogP contribution in [0, 0.1) is 11.8 Å². The molecule has 116 valence electrons. The van der Waals surface area contributed by atoms with E-state index in [1.165, 1.54) is 15.7 Å². The summed E-state index contributed by atoms with van der Waals surface area (Å²) in [6.07, 6.45) is 2.30. The van der Waals surface area contributed by atoms with Crippen LogP contribution in [0.25, 0.3) is 0 Å². The van der Waals surface area contributed by atoms with Gasteiger partial charge in [0.15, 0.2) is 0 Å². The number of ether oxygens (including phenoxy) is 1. The number of piperidine rings is 1. The number of carbonyl (C=O) groups excluding carboxylic acids is 1. The molecule has 3 unspecified atom stereocenters. The molecule has 6 nitrogen and oxygen atoms in total. The average molecular weight is 304 g/mol. The van der Waals surface area contributed by atoms with Crippen molar-refractivity contribution < 1.29 is 17.9 Å². The Morgan fingerprint density at radius 3 is 2.35 bits per heavy atom. The Bertz CT molecular complexity index is 455. The van der Waals surface area contributed by atoms with Crippen LogP contribution in [-0.4, -0.2) is 55.8 Å². The van der Waals surface area contributed by atoms with Crippen molar-refractivity contribution in [3.8, 4) is 0 Å². The minimum absolute atomic E-state index is 0.354. The van der Waals surface area contributed by atoms with Crippen LogP contribution in [0.4, 0.5) is 0 Å². The standard InChI is InChI=1S/C13H24N2O4S/c1-10-7-11(2)9-14(8-10)20(17,18)15-6-4-5-12(15)13(16)19-3/h10-12H,4-9H2,1-3H3. The molecule has 0 aromatic rings. The zero-order valence-electron chi connectivity index (χ0n) is 12.4. The van der Waals surface area contributed by atoms with Gasteiger partial charge in [0, 0.05) is 19.6 Å². The Balaban J connectivity index is 2.19. The van der Waals surface area contributed by atoms with E-state index in [0.717, 1.165) is 6.42 Å². The topological polar surface area (TPSA) is 66.9 Å². The normalized spacial score (nSPS) is 33.2. The third-order valence-electron chi connectivity index (χ3n) is 4.13. The van der Waals surface area contributed by atoms with Gasteiger partial charge in [-0.15, -0.1) is 0 Å². The van der Waals surface area contributed by atoms with E-state index in [-0.39, 0.29) is 0 Å². The first-order valence-electron chi connectivity index (χ1n) is 7.21. The van der Waals surface area contributed by atoms with Crippen molar-refractivity contribution in [1.29, 1.82) is 0 Å². The molecule has 0 aliphatic carbocycles. The fraction of sp³-hybridized carbons (Fsp3) is 0.923. The Morgan fingerprint density at radius 2 is 1.80 bits per heavy atom. The monoisotopic (exact) mass is 304 g/mol. The van der Waals surface area contributed by atoms with Gasteiger partial charge in [-0.05, 0) is 31.1 Å². The summed E-state index contributed by atoms with van der Waals surface area (Å²) in [4.78, 5) is 11.7. The van der Waals surface area contributed by atoms with Crippen molar-refractivity contribution in [2.75, 3.05) is 26.7 Å². The van der Waals surface area contributed by atoms with Crippen molar-refractivity contribution >= 4 is 16.2 Å². The van der Waals surface area contributed by atoms with Gasteiger partial charge in [0.1, 0.15) is 6.04 Å². The molecule has 2 aliphatic heterocycles. The summed E-state index contributed by atoms with van der Waals surface area (Å²) in [5, 5.41) is 0. The summed E-state index contributed by atoms with van der Waals surface area (Å²) < 4.78 is 33.1. The fourth-order valence-electron chi connectivity index (χ4n) is 3.33. The summed E-state index contributed by atoms with van der Waals surface area (Å²) in [5.41, 5.74) is 0. The number of hydrogen-bond acceptors (Lipinski definition) is 4. The van der Waals surface area contributed by atoms with E-state index in [9.17, 15) is 13.2 Å². The fourth-order valence-corrected chi connectivity index (χ4v) is 5.39. The third-order valence-corrected chi connectivity index (χ3v) is 6.12. The van der Waals surface area contributed by atoms with Crippen LogP contribution in [0.2, 0.25) is 0 Å². The van der Waals surface area contributed by atoms with Gasteiger partial charge in [-0.1, -0.05) is 13.8 Å². The van der Waals surface area contributed by atoms with Gasteiger partial charge in [-0.25, -0.2) is 0 Å². The van der Waals surface area contributed by atoms with Crippen LogP contribution in [0.5, 0.6) is 0 Å². The zero-order valence-corrected chi connectivity index (χ0v) is 13.2. The second-order valence-electron chi connectivity index (χ2n) is 6.06. The highest BCUT2D eigenvalue weighted by Crippen LogP contribution is 2.29. The first kappa shape index (κ1) is 15.7. The van der Waals surface area contributed by atoms with E-state index < -0.39 is 22.2 Å². The van der Waals surface area contributed by atoms with Crippen LogP contribution in [0.1, 0.15) is 33.1 Å². The number of carbonyl (C=O) groups is 1. The van der Waals surface area contributed by atoms with Crippen LogP contribution in [0.3, 0.4) is 0 Å². The predicted molar refractivity (Wildman–Crippen MR) is 75.2 cm³/mol. The van der Waals surface area contributed by atoms with Gasteiger partial charge >= 0.3 is 5.97 Å². The van der Waals surface area contributed by atoms with Gasteiger partial charge in [-0.3, -0.25) is 4.79 Å². The quantitative estimate of drug-likeness (QED) is 0.725. The van der Waals surface area contributed by atoms with E-state index in [2.05, 4.69) is 13.8 Å². The van der Waals surface area contributed by atoms with Gasteiger partial charge in [0.05, 0.1) is 7.11 Å². The maximum absolute atomic E-state index is 12.8. The molecule has 0 saturated carbocycles. The summed E-state index contributed by atoms with van der Waals surface area (Å²) >= 11 is 0. The lowest BCUT2D eigenvalue weighted by Gasteiger charge is -2.37. The van der Waals surface area contributed by atoms with Crippen LogP contribution in [0.15, 0.2) is 0 Å². The summed E-state index contributed by atoms with van der Waals surface area (Å²) in [6, 6.07) is -0.655. The molecule has 0 amide bonds. The largest absolute Gasteiger partial charge is 0.468 e. The van der Waals surface area contributed by atoms with E-state index >= 15 is 0 Å². The number of esters is 1. The van der Waals surface area contributed by atoms with Gasteiger partial charge in [-0.2, -0.15) is 17.0 Å². The highest BCUT2D eigenvalue weighted by molar-refractivity contribution is 7.86. The van der Waals surface area contributed by atoms with Crippen molar-refractivity contribution in [2.45, 2.75) is 39.2 Å². The molecule has 2 fully saturated rings. The Labute approximate surface area is 121 Å². The van der Waals surface area contributed by atoms with Crippen LogP contribution >= 0.6 is 0 Å². The second-order valence-corrected chi connectivity index (χ2v) is 7.94. The summed E-state index contributed by atoms with van der Waals surface area (Å²) in [6.45, 7) is 5.62. The van der Waals surface area contributed by atoms with Crippen molar-refractivity contribution in [1.82, 2.24) is 8.61 Å². The number of hydrogen-bond donors (Lipinski definition) is 0. The lowest BCUT2D eigenvalue weighted by atomic mass is 9.94. The lowest BCUT2D eigenvalue weighted by Crippen LogP contribution is -2.52. The van der Waals surface area contributed by atoms with E-state index in [0.29, 0.717) is 44.3 Å². The Hall–Kier alpha value is -0.660. The first-order valence-corrected chi connectivity index (χ1v) is 8.60. The number of nitrogens with zero attached hydrogens (tertiary/aromatic N) is 2. The molecule has 2 heterocycles. The molecule has 0 N–H and O–H groups in total. The molecule has 20 heavy (non-hydrogen) atoms. The van der Waals surface area contributed by atoms with Crippen molar-refractivity contribution in [3.63, 3.8) is 0 Å². The van der Waals surface area contributed by atoms with E-state index in [1.807, 2.05) is 0 Å². The summed E-state index contributed by atoms with van der Waals surface area (Å²) in [7, 11) is -2.26. The second kappa shape index (κ2) is 5.99.